The second-order valence-corrected chi connectivity index (χ2v) is 5.19. The second-order valence-electron chi connectivity index (χ2n) is 4.00. The lowest BCUT2D eigenvalue weighted by Gasteiger charge is -2.07. The third-order valence-electron chi connectivity index (χ3n) is 2.57. The van der Waals surface area contributed by atoms with Crippen molar-refractivity contribution in [1.29, 1.82) is 0 Å². The van der Waals surface area contributed by atoms with Gasteiger partial charge in [-0.2, -0.15) is 5.10 Å². The molecule has 0 heterocycles. The fourth-order valence-corrected chi connectivity index (χ4v) is 2.10. The van der Waals surface area contributed by atoms with Crippen LogP contribution in [0.2, 0.25) is 15.1 Å². The Morgan fingerprint density at radius 3 is 2.62 bits per heavy atom. The largest absolute Gasteiger partial charge is 0.545 e. The van der Waals surface area contributed by atoms with E-state index in [1.54, 1.807) is 24.3 Å². The van der Waals surface area contributed by atoms with E-state index in [1.165, 1.54) is 18.3 Å². The minimum absolute atomic E-state index is 0.0995. The van der Waals surface area contributed by atoms with Crippen LogP contribution in [0.15, 0.2) is 41.5 Å². The molecule has 2 aromatic rings. The van der Waals surface area contributed by atoms with Crippen molar-refractivity contribution >= 4 is 52.7 Å². The Balaban J connectivity index is 2.16. The molecule has 0 aliphatic heterocycles. The highest BCUT2D eigenvalue weighted by atomic mass is 35.5. The van der Waals surface area contributed by atoms with E-state index < -0.39 is 5.97 Å². The summed E-state index contributed by atoms with van der Waals surface area (Å²) in [5.74, 6) is -1.36. The Hall–Kier alpha value is -1.75. The van der Waals surface area contributed by atoms with Gasteiger partial charge in [0.2, 0.25) is 0 Å². The Morgan fingerprint density at radius 1 is 1.14 bits per heavy atom. The number of rotatable bonds is 4. The summed E-state index contributed by atoms with van der Waals surface area (Å²) in [5, 5.41) is 15.7. The molecule has 0 amide bonds. The van der Waals surface area contributed by atoms with Gasteiger partial charge in [0.1, 0.15) is 0 Å². The predicted octanol–water partition coefficient (Wildman–Crippen LogP) is 3.46. The molecule has 0 radical (unpaired) electrons. The van der Waals surface area contributed by atoms with Crippen molar-refractivity contribution in [3.63, 3.8) is 0 Å². The number of hydrogen-bond acceptors (Lipinski definition) is 4. The third-order valence-corrected chi connectivity index (χ3v) is 3.73. The number of halogens is 3. The summed E-state index contributed by atoms with van der Waals surface area (Å²) < 4.78 is 0. The summed E-state index contributed by atoms with van der Waals surface area (Å²) >= 11 is 17.6. The van der Waals surface area contributed by atoms with Crippen LogP contribution in [0.4, 0.5) is 5.69 Å². The van der Waals surface area contributed by atoms with Crippen molar-refractivity contribution in [2.75, 3.05) is 5.43 Å². The Morgan fingerprint density at radius 2 is 1.90 bits per heavy atom. The standard InChI is InChI=1S/C14H9Cl3N2O2/c15-11-5-4-9(6-10(11)14(20)21)19-18-7-8-2-1-3-12(16)13(8)17/h1-7,19H,(H,20,21)/p-1/b18-7-. The van der Waals surface area contributed by atoms with E-state index in [-0.39, 0.29) is 10.6 Å². The Bertz CT molecular complexity index is 717. The molecular weight excluding hydrogens is 335 g/mol. The first-order chi connectivity index (χ1) is 9.99. The summed E-state index contributed by atoms with van der Waals surface area (Å²) in [7, 11) is 0. The van der Waals surface area contributed by atoms with Crippen LogP contribution in [0.3, 0.4) is 0 Å². The molecule has 0 saturated heterocycles. The van der Waals surface area contributed by atoms with E-state index in [2.05, 4.69) is 10.5 Å². The van der Waals surface area contributed by atoms with E-state index in [0.29, 0.717) is 21.3 Å². The molecule has 0 spiro atoms. The average Bonchev–Trinajstić information content (AvgIpc) is 2.45. The molecule has 0 fully saturated rings. The number of carboxylic acids is 1. The van der Waals surface area contributed by atoms with Crippen molar-refractivity contribution in [1.82, 2.24) is 0 Å². The number of carbonyl (C=O) groups excluding carboxylic acids is 1. The third kappa shape index (κ3) is 3.88. The molecule has 21 heavy (non-hydrogen) atoms. The first-order valence-electron chi connectivity index (χ1n) is 5.73. The lowest BCUT2D eigenvalue weighted by atomic mass is 10.2. The van der Waals surface area contributed by atoms with Gasteiger partial charge >= 0.3 is 0 Å². The Labute approximate surface area is 135 Å². The van der Waals surface area contributed by atoms with Crippen LogP contribution in [-0.2, 0) is 0 Å². The number of aromatic carboxylic acids is 1. The van der Waals surface area contributed by atoms with Crippen LogP contribution in [0, 0.1) is 0 Å². The van der Waals surface area contributed by atoms with Crippen LogP contribution < -0.4 is 10.5 Å². The SMILES string of the molecule is O=C([O-])c1cc(N/N=C\c2cccc(Cl)c2Cl)ccc1Cl. The smallest absolute Gasteiger partial charge is 0.0731 e. The van der Waals surface area contributed by atoms with Crippen molar-refractivity contribution in [3.8, 4) is 0 Å². The van der Waals surface area contributed by atoms with Gasteiger partial charge in [-0.25, -0.2) is 0 Å². The van der Waals surface area contributed by atoms with Crippen molar-refractivity contribution in [2.24, 2.45) is 5.10 Å². The van der Waals surface area contributed by atoms with E-state index in [1.807, 2.05) is 0 Å². The molecule has 2 aromatic carbocycles. The number of anilines is 1. The molecule has 1 N–H and O–H groups in total. The van der Waals surface area contributed by atoms with Gasteiger partial charge in [0.05, 0.1) is 27.9 Å². The normalized spacial score (nSPS) is 10.8. The van der Waals surface area contributed by atoms with Gasteiger partial charge in [-0.15, -0.1) is 0 Å². The zero-order valence-corrected chi connectivity index (χ0v) is 12.7. The van der Waals surface area contributed by atoms with Crippen LogP contribution in [0.25, 0.3) is 0 Å². The van der Waals surface area contributed by atoms with Crippen LogP contribution >= 0.6 is 34.8 Å². The average molecular weight is 343 g/mol. The quantitative estimate of drug-likeness (QED) is 0.683. The molecule has 7 heteroatoms. The fraction of sp³-hybridized carbons (Fsp3) is 0. The second kappa shape index (κ2) is 6.80. The molecule has 0 unspecified atom stereocenters. The molecule has 0 bridgehead atoms. The summed E-state index contributed by atoms with van der Waals surface area (Å²) in [5.41, 5.74) is 3.65. The number of carbonyl (C=O) groups is 1. The highest BCUT2D eigenvalue weighted by Crippen LogP contribution is 2.24. The summed E-state index contributed by atoms with van der Waals surface area (Å²) in [6, 6.07) is 9.51. The first kappa shape index (κ1) is 15.6. The van der Waals surface area contributed by atoms with Crippen molar-refractivity contribution in [2.45, 2.75) is 0 Å². The molecular formula is C14H8Cl3N2O2-. The number of hydrogen-bond donors (Lipinski definition) is 1. The number of carboxylic acid groups (broad SMARTS) is 1. The van der Waals surface area contributed by atoms with E-state index in [9.17, 15) is 9.90 Å². The first-order valence-corrected chi connectivity index (χ1v) is 6.86. The highest BCUT2D eigenvalue weighted by molar-refractivity contribution is 6.43. The van der Waals surface area contributed by atoms with Crippen molar-refractivity contribution in [3.05, 3.63) is 62.6 Å². The monoisotopic (exact) mass is 341 g/mol. The number of nitrogens with one attached hydrogen (secondary N) is 1. The lowest BCUT2D eigenvalue weighted by Crippen LogP contribution is -2.22. The molecule has 0 aliphatic carbocycles. The van der Waals surface area contributed by atoms with Gasteiger partial charge in [-0.1, -0.05) is 46.9 Å². The molecule has 0 aromatic heterocycles. The van der Waals surface area contributed by atoms with E-state index >= 15 is 0 Å². The summed E-state index contributed by atoms with van der Waals surface area (Å²) in [6.45, 7) is 0. The van der Waals surface area contributed by atoms with Crippen LogP contribution in [-0.4, -0.2) is 12.2 Å². The van der Waals surface area contributed by atoms with Gasteiger partial charge in [0.15, 0.2) is 0 Å². The van der Waals surface area contributed by atoms with Gasteiger partial charge < -0.3 is 9.90 Å². The van der Waals surface area contributed by atoms with Crippen LogP contribution in [0.5, 0.6) is 0 Å². The van der Waals surface area contributed by atoms with E-state index in [0.717, 1.165) is 0 Å². The molecule has 0 atom stereocenters. The molecule has 0 saturated carbocycles. The molecule has 2 rings (SSSR count). The van der Waals surface area contributed by atoms with Gasteiger partial charge in [0, 0.05) is 16.1 Å². The Kier molecular flexibility index (Phi) is 5.07. The van der Waals surface area contributed by atoms with Gasteiger partial charge in [-0.05, 0) is 24.3 Å². The molecule has 0 aliphatic rings. The van der Waals surface area contributed by atoms with E-state index in [4.69, 9.17) is 34.8 Å². The maximum absolute atomic E-state index is 10.9. The zero-order chi connectivity index (χ0) is 15.4. The minimum atomic E-state index is -1.36. The topological polar surface area (TPSA) is 64.5 Å². The number of hydrazone groups is 1. The number of benzene rings is 2. The number of nitrogens with zero attached hydrogens (tertiary/aromatic N) is 1. The predicted molar refractivity (Wildman–Crippen MR) is 83.5 cm³/mol. The highest BCUT2D eigenvalue weighted by Gasteiger charge is 2.03. The van der Waals surface area contributed by atoms with Crippen LogP contribution in [0.1, 0.15) is 15.9 Å². The maximum atomic E-state index is 10.9. The summed E-state index contributed by atoms with van der Waals surface area (Å²) in [4.78, 5) is 10.9. The fourth-order valence-electron chi connectivity index (χ4n) is 1.55. The molecule has 4 nitrogen and oxygen atoms in total. The van der Waals surface area contributed by atoms with Crippen molar-refractivity contribution < 1.29 is 9.90 Å². The zero-order valence-electron chi connectivity index (χ0n) is 10.4. The maximum Gasteiger partial charge on any atom is 0.0731 e. The van der Waals surface area contributed by atoms with Gasteiger partial charge in [-0.3, -0.25) is 5.43 Å². The summed E-state index contributed by atoms with van der Waals surface area (Å²) in [6.07, 6.45) is 1.47. The lowest BCUT2D eigenvalue weighted by molar-refractivity contribution is -0.255. The molecule has 108 valence electrons. The minimum Gasteiger partial charge on any atom is -0.545 e. The van der Waals surface area contributed by atoms with Gasteiger partial charge in [0.25, 0.3) is 0 Å².